The molecule has 6 heterocycles. The number of hydrogen-bond acceptors (Lipinski definition) is 9. The highest BCUT2D eigenvalue weighted by Crippen LogP contribution is 2.40. The molecule has 3 saturated heterocycles. The Morgan fingerprint density at radius 1 is 1.06 bits per heavy atom. The van der Waals surface area contributed by atoms with Gasteiger partial charge in [-0.2, -0.15) is 9.97 Å². The van der Waals surface area contributed by atoms with E-state index in [1.54, 1.807) is 36.7 Å². The molecule has 0 bridgehead atoms. The molecule has 12 heteroatoms. The number of nitrogens with one attached hydrogen (secondary N) is 1. The number of rotatable bonds is 8. The van der Waals surface area contributed by atoms with Gasteiger partial charge in [0.2, 0.25) is 5.91 Å². The van der Waals surface area contributed by atoms with Crippen LogP contribution in [-0.4, -0.2) is 85.0 Å². The summed E-state index contributed by atoms with van der Waals surface area (Å²) in [7, 11) is 0. The average molecular weight is 693 g/mol. The summed E-state index contributed by atoms with van der Waals surface area (Å²) in [6, 6.07) is 13.0. The Morgan fingerprint density at radius 3 is 2.70 bits per heavy atom. The molecule has 1 amide bonds. The lowest BCUT2D eigenvalue weighted by atomic mass is 9.95. The van der Waals surface area contributed by atoms with E-state index in [1.165, 1.54) is 0 Å². The van der Waals surface area contributed by atoms with Gasteiger partial charge in [-0.1, -0.05) is 41.9 Å². The van der Waals surface area contributed by atoms with Crippen molar-refractivity contribution < 1.29 is 13.9 Å². The summed E-state index contributed by atoms with van der Waals surface area (Å²) in [5, 5.41) is 6.09. The number of aromatic nitrogens is 5. The van der Waals surface area contributed by atoms with Gasteiger partial charge in [-0.3, -0.25) is 14.7 Å². The summed E-state index contributed by atoms with van der Waals surface area (Å²) >= 11 is 6.63. The van der Waals surface area contributed by atoms with Crippen molar-refractivity contribution >= 4 is 51.1 Å². The number of carbonyl (C=O) groups excluding carboxylic acids is 1. The Bertz CT molecular complexity index is 2110. The third-order valence-corrected chi connectivity index (χ3v) is 10.6. The third kappa shape index (κ3) is 6.24. The lowest BCUT2D eigenvalue weighted by Crippen LogP contribution is -2.44. The van der Waals surface area contributed by atoms with Crippen molar-refractivity contribution in [3.05, 3.63) is 83.3 Å². The number of halogens is 2. The lowest BCUT2D eigenvalue weighted by Gasteiger charge is -2.33. The van der Waals surface area contributed by atoms with Crippen LogP contribution in [0.25, 0.3) is 39.0 Å². The van der Waals surface area contributed by atoms with Crippen molar-refractivity contribution in [1.82, 2.24) is 34.7 Å². The number of fused-ring (bicyclic) bond motifs is 3. The SMILES string of the molecule is Cc1nccc(/C=C/C(=O)N2CCCC(Nc3nc(OCC45CCCN4CCC5)nc4c(F)c(-c5cccc6cccc(Cl)c56)ncc34)C2)n1. The molecule has 5 aromatic rings. The fraction of sp³-hybridized carbons (Fsp3) is 0.368. The van der Waals surface area contributed by atoms with Crippen LogP contribution >= 0.6 is 11.6 Å². The number of ether oxygens (including phenoxy) is 1. The molecule has 3 fully saturated rings. The molecule has 3 aromatic heterocycles. The zero-order valence-corrected chi connectivity index (χ0v) is 28.7. The molecule has 2 aromatic carbocycles. The average Bonchev–Trinajstić information content (AvgIpc) is 3.71. The fourth-order valence-electron chi connectivity index (χ4n) is 7.87. The molecule has 1 atom stereocenters. The maximum Gasteiger partial charge on any atom is 0.319 e. The predicted octanol–water partition coefficient (Wildman–Crippen LogP) is 6.86. The van der Waals surface area contributed by atoms with Gasteiger partial charge in [0, 0.05) is 53.6 Å². The topological polar surface area (TPSA) is 109 Å². The number of anilines is 1. The summed E-state index contributed by atoms with van der Waals surface area (Å²) < 4.78 is 23.1. The standard InChI is InChI=1S/C38H38ClFN8O2/c1-24-41-17-14-26(43-24)12-13-31(49)47-18-4-9-27(22-47)44-36-29-21-42-34(28-10-2-7-25-8-3-11-30(39)32(25)28)33(40)35(29)45-37(46-36)50-23-38-15-5-19-48(38)20-6-16-38/h2-3,7-8,10-14,17,21,27H,4-6,9,15-16,18-20,22-23H2,1H3,(H,44,45,46)/b13-12+. The Labute approximate surface area is 294 Å². The van der Waals surface area contributed by atoms with Crippen molar-refractivity contribution in [3.8, 4) is 17.3 Å². The summed E-state index contributed by atoms with van der Waals surface area (Å²) in [5.74, 6) is 0.395. The number of nitrogens with zero attached hydrogens (tertiary/aromatic N) is 7. The molecule has 3 aliphatic rings. The van der Waals surface area contributed by atoms with Crippen molar-refractivity contribution in [2.75, 3.05) is 38.1 Å². The minimum Gasteiger partial charge on any atom is -0.461 e. The van der Waals surface area contributed by atoms with E-state index in [0.717, 1.165) is 62.4 Å². The number of aryl methyl sites for hydroxylation is 1. The van der Waals surface area contributed by atoms with Crippen molar-refractivity contribution in [3.63, 3.8) is 0 Å². The molecule has 0 aliphatic carbocycles. The lowest BCUT2D eigenvalue weighted by molar-refractivity contribution is -0.126. The van der Waals surface area contributed by atoms with Crippen LogP contribution < -0.4 is 10.1 Å². The van der Waals surface area contributed by atoms with Gasteiger partial charge >= 0.3 is 6.01 Å². The van der Waals surface area contributed by atoms with Gasteiger partial charge in [0.15, 0.2) is 5.82 Å². The van der Waals surface area contributed by atoms with Crippen LogP contribution in [0.3, 0.4) is 0 Å². The van der Waals surface area contributed by atoms with Gasteiger partial charge in [0.05, 0.1) is 16.6 Å². The highest BCUT2D eigenvalue weighted by Gasteiger charge is 2.45. The van der Waals surface area contributed by atoms with Gasteiger partial charge in [0.1, 0.15) is 29.5 Å². The van der Waals surface area contributed by atoms with Gasteiger partial charge in [0.25, 0.3) is 0 Å². The van der Waals surface area contributed by atoms with Crippen LogP contribution in [0.1, 0.15) is 50.0 Å². The summed E-state index contributed by atoms with van der Waals surface area (Å²) in [4.78, 5) is 40.1. The van der Waals surface area contributed by atoms with Crippen LogP contribution in [0.4, 0.5) is 10.2 Å². The third-order valence-electron chi connectivity index (χ3n) is 10.3. The Hall–Kier alpha value is -4.74. The molecule has 1 N–H and O–H groups in total. The molecule has 0 spiro atoms. The van der Waals surface area contributed by atoms with E-state index in [1.807, 2.05) is 42.2 Å². The predicted molar refractivity (Wildman–Crippen MR) is 193 cm³/mol. The molecular formula is C38H38ClFN8O2. The fourth-order valence-corrected chi connectivity index (χ4v) is 8.15. The van der Waals surface area contributed by atoms with Crippen LogP contribution in [0.5, 0.6) is 6.01 Å². The zero-order chi connectivity index (χ0) is 34.2. The summed E-state index contributed by atoms with van der Waals surface area (Å²) in [6.45, 7) is 5.48. The van der Waals surface area contributed by atoms with Gasteiger partial charge in [-0.15, -0.1) is 0 Å². The maximum absolute atomic E-state index is 16.8. The molecule has 10 nitrogen and oxygen atoms in total. The van der Waals surface area contributed by atoms with Crippen LogP contribution in [0.2, 0.25) is 5.02 Å². The van der Waals surface area contributed by atoms with Crippen LogP contribution in [0, 0.1) is 12.7 Å². The normalized spacial score (nSPS) is 19.0. The van der Waals surface area contributed by atoms with E-state index >= 15 is 4.39 Å². The maximum atomic E-state index is 16.8. The van der Waals surface area contributed by atoms with E-state index in [2.05, 4.69) is 30.2 Å². The molecule has 0 saturated carbocycles. The van der Waals surface area contributed by atoms with E-state index in [0.29, 0.717) is 53.0 Å². The number of carbonyl (C=O) groups is 1. The van der Waals surface area contributed by atoms with E-state index in [4.69, 9.17) is 21.3 Å². The second-order valence-corrected chi connectivity index (χ2v) is 13.9. The number of pyridine rings is 1. The molecule has 8 rings (SSSR count). The van der Waals surface area contributed by atoms with Gasteiger partial charge in [-0.05, 0) is 82.1 Å². The smallest absolute Gasteiger partial charge is 0.319 e. The number of likely N-dealkylation sites (tertiary alicyclic amines) is 1. The number of piperidine rings is 1. The Morgan fingerprint density at radius 2 is 1.88 bits per heavy atom. The minimum atomic E-state index is -0.572. The first-order valence-electron chi connectivity index (χ1n) is 17.3. The number of benzene rings is 2. The molecular weight excluding hydrogens is 655 g/mol. The highest BCUT2D eigenvalue weighted by atomic mass is 35.5. The van der Waals surface area contributed by atoms with E-state index < -0.39 is 5.82 Å². The number of amides is 1. The van der Waals surface area contributed by atoms with Crippen molar-refractivity contribution in [2.24, 2.45) is 0 Å². The molecule has 1 unspecified atom stereocenters. The second kappa shape index (κ2) is 13.5. The largest absolute Gasteiger partial charge is 0.461 e. The van der Waals surface area contributed by atoms with Crippen LogP contribution in [-0.2, 0) is 4.79 Å². The molecule has 256 valence electrons. The van der Waals surface area contributed by atoms with Crippen LogP contribution in [0.15, 0.2) is 60.9 Å². The van der Waals surface area contributed by atoms with Crippen molar-refractivity contribution in [1.29, 1.82) is 0 Å². The number of hydrogen-bond donors (Lipinski definition) is 1. The first-order chi connectivity index (χ1) is 24.4. The van der Waals surface area contributed by atoms with Crippen molar-refractivity contribution in [2.45, 2.75) is 57.0 Å². The van der Waals surface area contributed by atoms with E-state index in [9.17, 15) is 4.79 Å². The first kappa shape index (κ1) is 32.5. The molecule has 50 heavy (non-hydrogen) atoms. The molecule has 3 aliphatic heterocycles. The monoisotopic (exact) mass is 692 g/mol. The first-order valence-corrected chi connectivity index (χ1v) is 17.7. The minimum absolute atomic E-state index is 0.0320. The van der Waals surface area contributed by atoms with Gasteiger partial charge < -0.3 is 15.0 Å². The summed E-state index contributed by atoms with van der Waals surface area (Å²) in [5.41, 5.74) is 1.50. The van der Waals surface area contributed by atoms with E-state index in [-0.39, 0.29) is 34.7 Å². The second-order valence-electron chi connectivity index (χ2n) is 13.5. The Kier molecular flexibility index (Phi) is 8.78. The highest BCUT2D eigenvalue weighted by molar-refractivity contribution is 6.36. The summed E-state index contributed by atoms with van der Waals surface area (Å²) in [6.07, 6.45) is 12.5. The zero-order valence-electron chi connectivity index (χ0n) is 27.9. The quantitative estimate of drug-likeness (QED) is 0.175. The molecule has 0 radical (unpaired) electrons. The Balaban J connectivity index is 1.12. The van der Waals surface area contributed by atoms with Gasteiger partial charge in [-0.25, -0.2) is 14.4 Å².